The molecule has 18 heavy (non-hydrogen) atoms. The summed E-state index contributed by atoms with van der Waals surface area (Å²) in [5.74, 6) is -3.24. The molecule has 1 N–H and O–H groups in total. The maximum atomic E-state index is 13.3. The van der Waals surface area contributed by atoms with E-state index in [4.69, 9.17) is 0 Å². The number of nitrogens with zero attached hydrogens (tertiary/aromatic N) is 1. The maximum absolute atomic E-state index is 13.3. The second-order valence-electron chi connectivity index (χ2n) is 3.95. The molecule has 1 atom stereocenters. The zero-order chi connectivity index (χ0) is 14.0. The Morgan fingerprint density at radius 3 is 2.56 bits per heavy atom. The number of hydrogen-bond donors (Lipinski definition) is 1. The van der Waals surface area contributed by atoms with Crippen LogP contribution in [0.15, 0.2) is 0 Å². The predicted molar refractivity (Wildman–Crippen MR) is 51.4 cm³/mol. The average molecular weight is 276 g/mol. The van der Waals surface area contributed by atoms with Gasteiger partial charge in [0.15, 0.2) is 6.10 Å². The van der Waals surface area contributed by atoms with Gasteiger partial charge in [0.2, 0.25) is 0 Å². The summed E-state index contributed by atoms with van der Waals surface area (Å²) in [6.07, 6.45) is -7.81. The van der Waals surface area contributed by atoms with E-state index in [1.807, 2.05) is 0 Å². The molecule has 1 saturated heterocycles. The fourth-order valence-corrected chi connectivity index (χ4v) is 1.54. The average Bonchev–Trinajstić information content (AvgIpc) is 2.50. The molecule has 1 unspecified atom stereocenters. The van der Waals surface area contributed by atoms with Gasteiger partial charge in [-0.1, -0.05) is 6.92 Å². The van der Waals surface area contributed by atoms with Crippen LogP contribution in [0.3, 0.4) is 0 Å². The van der Waals surface area contributed by atoms with Gasteiger partial charge in [-0.15, -0.1) is 0 Å². The molecule has 0 aromatic carbocycles. The van der Waals surface area contributed by atoms with E-state index >= 15 is 0 Å². The Kier molecular flexibility index (Phi) is 4.36. The number of likely N-dealkylation sites (N-methyl/N-ethyl adjacent to an activating group) is 1. The van der Waals surface area contributed by atoms with Gasteiger partial charge in [-0.3, -0.25) is 4.90 Å². The molecule has 1 aliphatic rings. The number of rotatable bonds is 3. The molecule has 0 aliphatic carbocycles. The van der Waals surface area contributed by atoms with Gasteiger partial charge in [0.05, 0.1) is 6.54 Å². The van der Waals surface area contributed by atoms with Crippen molar-refractivity contribution in [3.63, 3.8) is 0 Å². The summed E-state index contributed by atoms with van der Waals surface area (Å²) in [4.78, 5) is 12.3. The molecule has 1 aliphatic heterocycles. The Bertz CT molecular complexity index is 308. The first-order chi connectivity index (χ1) is 8.14. The van der Waals surface area contributed by atoms with Gasteiger partial charge >= 0.3 is 12.3 Å². The molecule has 106 valence electrons. The number of alkyl halides is 5. The molecule has 1 amide bonds. The smallest absolute Gasteiger partial charge is 0.407 e. The van der Waals surface area contributed by atoms with Crippen LogP contribution in [-0.2, 0) is 4.74 Å². The maximum Gasteiger partial charge on any atom is 0.407 e. The summed E-state index contributed by atoms with van der Waals surface area (Å²) >= 11 is 0. The van der Waals surface area contributed by atoms with E-state index in [1.165, 1.54) is 10.2 Å². The Labute approximate surface area is 100 Å². The van der Waals surface area contributed by atoms with E-state index in [1.54, 1.807) is 6.92 Å². The Morgan fingerprint density at radius 2 is 2.11 bits per heavy atom. The fourth-order valence-electron chi connectivity index (χ4n) is 1.54. The minimum Gasteiger partial charge on any atom is -0.438 e. The van der Waals surface area contributed by atoms with E-state index in [0.29, 0.717) is 6.54 Å². The topological polar surface area (TPSA) is 41.6 Å². The summed E-state index contributed by atoms with van der Waals surface area (Å²) in [5.41, 5.74) is 0. The van der Waals surface area contributed by atoms with Crippen LogP contribution in [0.2, 0.25) is 0 Å². The van der Waals surface area contributed by atoms with E-state index in [2.05, 4.69) is 4.74 Å². The van der Waals surface area contributed by atoms with Crippen molar-refractivity contribution in [3.8, 4) is 0 Å². The lowest BCUT2D eigenvalue weighted by atomic mass is 10.2. The van der Waals surface area contributed by atoms with Crippen LogP contribution in [-0.4, -0.2) is 55.4 Å². The highest BCUT2D eigenvalue weighted by Crippen LogP contribution is 2.29. The summed E-state index contributed by atoms with van der Waals surface area (Å²) in [7, 11) is 0. The third-order valence-corrected chi connectivity index (χ3v) is 2.46. The molecule has 0 aromatic rings. The first kappa shape index (κ1) is 14.9. The molecule has 0 bridgehead atoms. The van der Waals surface area contributed by atoms with Gasteiger partial charge in [-0.05, 0) is 6.54 Å². The highest BCUT2D eigenvalue weighted by atomic mass is 19.4. The van der Waals surface area contributed by atoms with Crippen LogP contribution in [0.1, 0.15) is 6.92 Å². The number of ether oxygens (including phenoxy) is 1. The van der Waals surface area contributed by atoms with Crippen LogP contribution in [0, 0.1) is 0 Å². The zero-order valence-electron chi connectivity index (χ0n) is 9.56. The molecule has 0 spiro atoms. The molecule has 1 heterocycles. The van der Waals surface area contributed by atoms with Crippen LogP contribution in [0.25, 0.3) is 0 Å². The quantitative estimate of drug-likeness (QED) is 0.796. The summed E-state index contributed by atoms with van der Waals surface area (Å²) in [6, 6.07) is 0. The number of likely N-dealkylation sites (tertiary alicyclic amines) is 1. The van der Waals surface area contributed by atoms with Crippen molar-refractivity contribution < 1.29 is 31.5 Å². The van der Waals surface area contributed by atoms with Gasteiger partial charge in [0.1, 0.15) is 6.54 Å². The van der Waals surface area contributed by atoms with Crippen molar-refractivity contribution in [2.75, 3.05) is 26.2 Å². The number of carbonyl (C=O) groups excluding carboxylic acids is 1. The highest BCUT2D eigenvalue weighted by molar-refractivity contribution is 5.67. The summed E-state index contributed by atoms with van der Waals surface area (Å²) in [5, 5.41) is 1.38. The molecule has 0 aromatic heterocycles. The third kappa shape index (κ3) is 4.28. The fraction of sp³-hybridized carbons (Fsp3) is 0.889. The Morgan fingerprint density at radius 1 is 1.50 bits per heavy atom. The van der Waals surface area contributed by atoms with Gasteiger partial charge in [-0.2, -0.15) is 13.2 Å². The molecular formula is C9H13F5N2O2. The molecule has 9 heteroatoms. The number of carbonyl (C=O) groups is 1. The van der Waals surface area contributed by atoms with Crippen molar-refractivity contribution >= 4 is 6.09 Å². The number of amides is 1. The van der Waals surface area contributed by atoms with Crippen LogP contribution in [0.5, 0.6) is 0 Å². The second-order valence-corrected chi connectivity index (χ2v) is 3.95. The molecular weight excluding hydrogens is 263 g/mol. The largest absolute Gasteiger partial charge is 0.438 e. The zero-order valence-corrected chi connectivity index (χ0v) is 9.56. The number of nitrogens with one attached hydrogen (secondary N) is 1. The SMILES string of the molecule is CCN1CC(OC(=O)NCC(F)(F)F)C(F)(F)C1. The normalized spacial score (nSPS) is 24.0. The third-order valence-electron chi connectivity index (χ3n) is 2.46. The monoisotopic (exact) mass is 276 g/mol. The van der Waals surface area contributed by atoms with Crippen molar-refractivity contribution in [2.24, 2.45) is 0 Å². The van der Waals surface area contributed by atoms with Crippen molar-refractivity contribution in [3.05, 3.63) is 0 Å². The number of halogens is 5. The first-order valence-electron chi connectivity index (χ1n) is 5.25. The minimum absolute atomic E-state index is 0.192. The predicted octanol–water partition coefficient (Wildman–Crippen LogP) is 1.61. The van der Waals surface area contributed by atoms with Gasteiger partial charge < -0.3 is 10.1 Å². The van der Waals surface area contributed by atoms with Crippen molar-refractivity contribution in [1.82, 2.24) is 10.2 Å². The van der Waals surface area contributed by atoms with E-state index in [0.717, 1.165) is 0 Å². The number of hydrogen-bond acceptors (Lipinski definition) is 3. The lowest BCUT2D eigenvalue weighted by Gasteiger charge is -2.18. The standard InChI is InChI=1S/C9H13F5N2O2/c1-2-16-3-6(8(10,11)5-16)18-7(17)15-4-9(12,13)14/h6H,2-5H2,1H3,(H,15,17). The van der Waals surface area contributed by atoms with Gasteiger partial charge in [0, 0.05) is 6.54 Å². The molecule has 1 fully saturated rings. The van der Waals surface area contributed by atoms with E-state index < -0.39 is 37.4 Å². The van der Waals surface area contributed by atoms with Crippen LogP contribution < -0.4 is 5.32 Å². The second kappa shape index (κ2) is 5.25. The van der Waals surface area contributed by atoms with Gasteiger partial charge in [0.25, 0.3) is 5.92 Å². The first-order valence-corrected chi connectivity index (χ1v) is 5.25. The van der Waals surface area contributed by atoms with Crippen LogP contribution >= 0.6 is 0 Å². The molecule has 1 rings (SSSR count). The minimum atomic E-state index is -4.60. The van der Waals surface area contributed by atoms with Crippen molar-refractivity contribution in [2.45, 2.75) is 25.1 Å². The Hall–Kier alpha value is -1.12. The number of alkyl carbamates (subject to hydrolysis) is 1. The molecule has 0 saturated carbocycles. The summed E-state index contributed by atoms with van der Waals surface area (Å²) < 4.78 is 66.3. The Balaban J connectivity index is 2.45. The van der Waals surface area contributed by atoms with Crippen molar-refractivity contribution in [1.29, 1.82) is 0 Å². The van der Waals surface area contributed by atoms with E-state index in [9.17, 15) is 26.7 Å². The van der Waals surface area contributed by atoms with Gasteiger partial charge in [-0.25, -0.2) is 13.6 Å². The lowest BCUT2D eigenvalue weighted by molar-refractivity contribution is -0.125. The lowest BCUT2D eigenvalue weighted by Crippen LogP contribution is -2.41. The summed E-state index contributed by atoms with van der Waals surface area (Å²) in [6.45, 7) is -0.368. The highest BCUT2D eigenvalue weighted by Gasteiger charge is 2.50. The van der Waals surface area contributed by atoms with Crippen LogP contribution in [0.4, 0.5) is 26.7 Å². The molecule has 0 radical (unpaired) electrons. The van der Waals surface area contributed by atoms with E-state index in [-0.39, 0.29) is 6.54 Å². The molecule has 4 nitrogen and oxygen atoms in total.